The molecule has 5 aliphatic heterocycles. The summed E-state index contributed by atoms with van der Waals surface area (Å²) in [6.07, 6.45) is 1.04. The van der Waals surface area contributed by atoms with Crippen molar-refractivity contribution in [1.29, 1.82) is 0 Å². The lowest BCUT2D eigenvalue weighted by atomic mass is 9.86. The number of nitrogens with one attached hydrogen (secondary N) is 2. The van der Waals surface area contributed by atoms with Gasteiger partial charge in [0.05, 0.1) is 80.8 Å². The highest BCUT2D eigenvalue weighted by atomic mass is 16.6. The quantitative estimate of drug-likeness (QED) is 0.0125. The molecule has 0 saturated carbocycles. The van der Waals surface area contributed by atoms with E-state index in [0.29, 0.717) is 67.3 Å². The summed E-state index contributed by atoms with van der Waals surface area (Å²) in [6, 6.07) is 10.4. The number of allylic oxidation sites excluding steroid dienone is 2. The van der Waals surface area contributed by atoms with Crippen molar-refractivity contribution in [3.63, 3.8) is 0 Å². The predicted molar refractivity (Wildman–Crippen MR) is 385 cm³/mol. The first-order valence-corrected chi connectivity index (χ1v) is 36.2. The molecule has 572 valence electrons. The average molecular weight is 1480 g/mol. The molecule has 8 atom stereocenters. The molecule has 29 heteroatoms. The minimum Gasteiger partial charge on any atom is -0.493 e. The van der Waals surface area contributed by atoms with Gasteiger partial charge in [-0.25, -0.2) is 14.5 Å². The number of primary amides is 1. The van der Waals surface area contributed by atoms with E-state index in [1.54, 1.807) is 38.2 Å². The molecule has 10 rings (SSSR count). The van der Waals surface area contributed by atoms with Crippen LogP contribution >= 0.6 is 0 Å². The summed E-state index contributed by atoms with van der Waals surface area (Å²) in [5, 5.41) is 40.2. The summed E-state index contributed by atoms with van der Waals surface area (Å²) in [7, 11) is 4.20. The zero-order chi connectivity index (χ0) is 77.2. The monoisotopic (exact) mass is 1480 g/mol. The summed E-state index contributed by atoms with van der Waals surface area (Å²) in [5.41, 5.74) is 8.51. The number of hydrogen-bond acceptors (Lipinski definition) is 21. The Balaban J connectivity index is 0.758. The number of nitrogens with zero attached hydrogens (tertiary/aromatic N) is 5. The maximum atomic E-state index is 14.5. The fourth-order valence-corrected chi connectivity index (χ4v) is 14.7. The van der Waals surface area contributed by atoms with Gasteiger partial charge in [0.2, 0.25) is 29.3 Å². The molecule has 0 bridgehead atoms. The van der Waals surface area contributed by atoms with E-state index in [1.807, 2.05) is 13.8 Å². The molecule has 3 aromatic carbocycles. The van der Waals surface area contributed by atoms with Crippen molar-refractivity contribution in [3.05, 3.63) is 141 Å². The minimum atomic E-state index is -1.62. The Labute approximate surface area is 619 Å². The van der Waals surface area contributed by atoms with Crippen molar-refractivity contribution < 1.29 is 101 Å². The zero-order valence-corrected chi connectivity index (χ0v) is 61.2. The van der Waals surface area contributed by atoms with E-state index in [4.69, 9.17) is 34.2 Å². The van der Waals surface area contributed by atoms with Gasteiger partial charge in [0.1, 0.15) is 36.4 Å². The first-order valence-electron chi connectivity index (χ1n) is 36.2. The number of Topliss-reactive ketones (excluding diaryl/α,β-unsaturated/α-hetero) is 3. The number of imide groups is 1. The van der Waals surface area contributed by atoms with Crippen LogP contribution in [0.15, 0.2) is 90.7 Å². The van der Waals surface area contributed by atoms with Gasteiger partial charge in [-0.05, 0) is 105 Å². The molecule has 1 aromatic heterocycles. The molecule has 3 saturated heterocycles. The lowest BCUT2D eigenvalue weighted by molar-refractivity contribution is -0.150. The number of ketones is 4. The Morgan fingerprint density at radius 1 is 0.729 bits per heavy atom. The zero-order valence-electron chi connectivity index (χ0n) is 61.2. The van der Waals surface area contributed by atoms with Gasteiger partial charge < -0.3 is 74.5 Å². The number of unbranched alkanes of at least 4 members (excludes halogenated alkanes) is 4. The summed E-state index contributed by atoms with van der Waals surface area (Å²) in [4.78, 5) is 166. The molecule has 7 N–H and O–H groups in total. The van der Waals surface area contributed by atoms with Gasteiger partial charge >= 0.3 is 18.1 Å². The van der Waals surface area contributed by atoms with Gasteiger partial charge in [-0.3, -0.25) is 52.8 Å². The number of aromatic nitrogens is 1. The Kier molecular flexibility index (Phi) is 25.7. The summed E-state index contributed by atoms with van der Waals surface area (Å²) in [6.45, 7) is 13.0. The van der Waals surface area contributed by atoms with E-state index in [0.717, 1.165) is 11.0 Å². The highest BCUT2D eigenvalue weighted by Crippen LogP contribution is 2.44. The first-order chi connectivity index (χ1) is 51.1. The molecule has 0 spiro atoms. The van der Waals surface area contributed by atoms with E-state index in [2.05, 4.69) is 23.8 Å². The number of rotatable bonds is 34. The molecule has 29 nitrogen and oxygen atoms in total. The largest absolute Gasteiger partial charge is 0.493 e. The number of aliphatic hydroxyl groups is 3. The number of aliphatic hydroxyl groups excluding tert-OH is 3. The van der Waals surface area contributed by atoms with Crippen LogP contribution in [0.2, 0.25) is 0 Å². The summed E-state index contributed by atoms with van der Waals surface area (Å²) >= 11 is 0. The van der Waals surface area contributed by atoms with Crippen molar-refractivity contribution in [2.75, 3.05) is 58.5 Å². The second-order valence-corrected chi connectivity index (χ2v) is 28.5. The number of ether oxygens (including phenoxy) is 6. The SMILES string of the molecule is C=C1C[C@H]2C(O)C(C(=O)OCc3ccc(CC(=O)[C@H](CCCNC(N)=O)NC(=O)[C@@H](CC(=O)CCCCCN4C(=O)CC(C)C4=O)C(C)C)cc3)c3cc(OCCCCCOc4cc5c(cc4OC)C(=O)N4CC(=C)C[C@H]4C(O)N5C(=O)OCc4cc5c(n4C)C(=O)C=C(OC)C5=O)c(CO)cc3C(=O)N2C1. The van der Waals surface area contributed by atoms with Crippen LogP contribution in [0.25, 0.3) is 0 Å². The number of carbonyl (C=O) groups excluding carboxylic acids is 12. The molecule has 107 heavy (non-hydrogen) atoms. The van der Waals surface area contributed by atoms with Crippen LogP contribution in [-0.2, 0) is 76.3 Å². The maximum Gasteiger partial charge on any atom is 0.416 e. The summed E-state index contributed by atoms with van der Waals surface area (Å²) in [5.74, 6) is -6.64. The molecule has 8 amide bonds. The summed E-state index contributed by atoms with van der Waals surface area (Å²) < 4.78 is 36.5. The molecule has 0 radical (unpaired) electrons. The van der Waals surface area contributed by atoms with Crippen molar-refractivity contribution in [1.82, 2.24) is 29.9 Å². The van der Waals surface area contributed by atoms with Gasteiger partial charge in [-0.2, -0.15) is 0 Å². The number of urea groups is 1. The smallest absolute Gasteiger partial charge is 0.416 e. The van der Waals surface area contributed by atoms with Gasteiger partial charge in [0.15, 0.2) is 29.3 Å². The maximum absolute atomic E-state index is 14.5. The topological polar surface area (TPSA) is 389 Å². The fourth-order valence-electron chi connectivity index (χ4n) is 14.7. The Bertz CT molecular complexity index is 4220. The third-order valence-corrected chi connectivity index (χ3v) is 20.7. The van der Waals surface area contributed by atoms with Gasteiger partial charge in [-0.15, -0.1) is 0 Å². The second kappa shape index (κ2) is 34.8. The van der Waals surface area contributed by atoms with Crippen LogP contribution < -0.4 is 35.5 Å². The van der Waals surface area contributed by atoms with E-state index in [1.165, 1.54) is 63.8 Å². The van der Waals surface area contributed by atoms with Gasteiger partial charge in [-0.1, -0.05) is 75.8 Å². The fraction of sp³-hybridized carbons (Fsp3) is 0.487. The highest BCUT2D eigenvalue weighted by Gasteiger charge is 2.50. The number of likely N-dealkylation sites (tertiary alicyclic amines) is 1. The number of hydrogen-bond donors (Lipinski definition) is 6. The van der Waals surface area contributed by atoms with Crippen LogP contribution in [0, 0.1) is 17.8 Å². The number of carbonyl (C=O) groups is 12. The van der Waals surface area contributed by atoms with Crippen molar-refractivity contribution in [2.24, 2.45) is 30.5 Å². The van der Waals surface area contributed by atoms with Gasteiger partial charge in [0, 0.05) is 94.0 Å². The molecule has 6 aliphatic rings. The lowest BCUT2D eigenvalue weighted by Crippen LogP contribution is -2.50. The van der Waals surface area contributed by atoms with Crippen LogP contribution in [0.3, 0.4) is 0 Å². The third-order valence-electron chi connectivity index (χ3n) is 20.7. The van der Waals surface area contributed by atoms with Crippen LogP contribution in [0.5, 0.6) is 17.2 Å². The number of anilines is 1. The van der Waals surface area contributed by atoms with Crippen LogP contribution in [-0.4, -0.2) is 189 Å². The molecular weight excluding hydrogens is 1380 g/mol. The Hall–Kier alpha value is -10.5. The number of fused-ring (bicyclic) bond motifs is 5. The van der Waals surface area contributed by atoms with E-state index in [-0.39, 0.29) is 194 Å². The van der Waals surface area contributed by atoms with E-state index < -0.39 is 103 Å². The van der Waals surface area contributed by atoms with Crippen LogP contribution in [0.1, 0.15) is 180 Å². The predicted octanol–water partition coefficient (Wildman–Crippen LogP) is 6.51. The minimum absolute atomic E-state index is 0.00525. The third kappa shape index (κ3) is 17.8. The number of nitrogens with two attached hydrogens (primary N) is 1. The number of methoxy groups -OCH3 is 2. The number of amides is 8. The van der Waals surface area contributed by atoms with Crippen LogP contribution in [0.4, 0.5) is 15.3 Å². The molecule has 4 aromatic rings. The van der Waals surface area contributed by atoms with Crippen molar-refractivity contribution in [3.8, 4) is 17.2 Å². The van der Waals surface area contributed by atoms with Crippen molar-refractivity contribution in [2.45, 2.75) is 167 Å². The van der Waals surface area contributed by atoms with Crippen molar-refractivity contribution >= 4 is 76.4 Å². The molecule has 6 heterocycles. The average Bonchev–Trinajstić information content (AvgIpc) is 1.63. The molecule has 1 aliphatic carbocycles. The van der Waals surface area contributed by atoms with E-state index >= 15 is 0 Å². The standard InChI is InChI=1S/C78H94N8O21/c1-42(2)51(32-50(88)16-11-9-12-23-83-66(91)28-45(5)72(83)95)71(94)81-56(17-15-22-80-77(79)100)60(89)29-46-18-20-47(21-19-46)40-106-76(99)67-52-33-62(48(39-87)30-53(52)73(96)84-37-43(3)26-58(84)70(67)93)104-24-13-10-14-25-105-64-35-57-54(34-63(64)102-7)74(97)85-38-44(4)27-59(85)75(98)86(57)78(101)107-41-49-31-55-68(82(49)6)61(90)36-65(103-8)69(55)92/h18-21,30-31,33-36,42,45,51,56,58-59,67,70,75,87,93,98H,3-4,9-17,22-29,32,37-41H2,1-2,5-8H3,(H,81,94)(H3,79,80,100)/t45?,51-,56-,58-,59-,67?,70?,75?/m0/s1. The number of esters is 1. The number of benzene rings is 3. The molecule has 3 fully saturated rings. The molecule has 4 unspecified atom stereocenters. The van der Waals surface area contributed by atoms with E-state index in [9.17, 15) is 72.9 Å². The first kappa shape index (κ1) is 79.1. The second-order valence-electron chi connectivity index (χ2n) is 28.5. The normalized spacial score (nSPS) is 20.1. The Morgan fingerprint density at radius 3 is 2.05 bits per heavy atom. The van der Waals surface area contributed by atoms with Gasteiger partial charge in [0.25, 0.3) is 11.8 Å². The Morgan fingerprint density at radius 2 is 1.39 bits per heavy atom. The lowest BCUT2D eigenvalue weighted by Gasteiger charge is -2.31. The highest BCUT2D eigenvalue weighted by molar-refractivity contribution is 6.23. The molecular formula is C78H94N8O21.